The fraction of sp³-hybridized carbons (Fsp3) is 0.400. The monoisotopic (exact) mass is 297 g/mol. The minimum Gasteiger partial charge on any atom is -0.376 e. The van der Waals surface area contributed by atoms with E-state index in [4.69, 9.17) is 10.5 Å². The van der Waals surface area contributed by atoms with Crippen LogP contribution in [0.3, 0.4) is 0 Å². The summed E-state index contributed by atoms with van der Waals surface area (Å²) in [6.45, 7) is 6.18. The van der Waals surface area contributed by atoms with E-state index in [0.29, 0.717) is 19.1 Å². The summed E-state index contributed by atoms with van der Waals surface area (Å²) in [6, 6.07) is 20.9. The van der Waals surface area contributed by atoms with E-state index >= 15 is 0 Å². The first-order valence-electron chi connectivity index (χ1n) is 8.22. The van der Waals surface area contributed by atoms with Gasteiger partial charge in [-0.1, -0.05) is 74.5 Å². The summed E-state index contributed by atoms with van der Waals surface area (Å²) in [5, 5.41) is 0. The minimum absolute atomic E-state index is 0.151. The van der Waals surface area contributed by atoms with Crippen molar-refractivity contribution < 1.29 is 4.74 Å². The third-order valence-corrected chi connectivity index (χ3v) is 4.38. The van der Waals surface area contributed by atoms with Crippen molar-refractivity contribution in [2.75, 3.05) is 13.2 Å². The molecule has 1 saturated carbocycles. The predicted molar refractivity (Wildman–Crippen MR) is 92.7 cm³/mol. The van der Waals surface area contributed by atoms with E-state index in [1.807, 2.05) is 32.0 Å². The van der Waals surface area contributed by atoms with Crippen LogP contribution in [-0.2, 0) is 16.8 Å². The normalized spacial score (nSPS) is 22.6. The highest BCUT2D eigenvalue weighted by atomic mass is 16.5. The molecule has 2 atom stereocenters. The van der Waals surface area contributed by atoms with Crippen LogP contribution in [0.25, 0.3) is 0 Å². The minimum atomic E-state index is 0.151. The van der Waals surface area contributed by atoms with E-state index in [1.165, 1.54) is 11.1 Å². The molecule has 2 heteroatoms. The molecular formula is C20H27NO. The maximum Gasteiger partial charge on any atom is 0.0717 e. The summed E-state index contributed by atoms with van der Waals surface area (Å²) in [4.78, 5) is 0. The van der Waals surface area contributed by atoms with Gasteiger partial charge in [0.1, 0.15) is 0 Å². The Morgan fingerprint density at radius 2 is 1.59 bits per heavy atom. The Bertz CT molecular complexity index is 540. The molecule has 0 bridgehead atoms. The lowest BCUT2D eigenvalue weighted by molar-refractivity contribution is 0.106. The van der Waals surface area contributed by atoms with E-state index in [-0.39, 0.29) is 5.41 Å². The van der Waals surface area contributed by atoms with Gasteiger partial charge >= 0.3 is 0 Å². The third-order valence-electron chi connectivity index (χ3n) is 4.38. The first-order valence-corrected chi connectivity index (χ1v) is 8.22. The van der Waals surface area contributed by atoms with E-state index in [1.54, 1.807) is 0 Å². The van der Waals surface area contributed by atoms with Crippen molar-refractivity contribution in [1.82, 2.24) is 0 Å². The molecule has 2 N–H and O–H groups in total. The Balaban J connectivity index is 0.000000847. The highest BCUT2D eigenvalue weighted by Crippen LogP contribution is 2.53. The molecule has 0 aliphatic heterocycles. The largest absolute Gasteiger partial charge is 0.376 e. The van der Waals surface area contributed by atoms with Crippen molar-refractivity contribution in [1.29, 1.82) is 0 Å². The highest BCUT2D eigenvalue weighted by Gasteiger charge is 2.53. The van der Waals surface area contributed by atoms with Crippen molar-refractivity contribution >= 4 is 0 Å². The quantitative estimate of drug-likeness (QED) is 0.869. The number of nitrogens with two attached hydrogens (primary N) is 1. The van der Waals surface area contributed by atoms with Gasteiger partial charge in [0.05, 0.1) is 13.2 Å². The Hall–Kier alpha value is -1.64. The van der Waals surface area contributed by atoms with Crippen LogP contribution in [0.4, 0.5) is 0 Å². The van der Waals surface area contributed by atoms with Crippen molar-refractivity contribution in [3.63, 3.8) is 0 Å². The number of benzene rings is 2. The first kappa shape index (κ1) is 16.7. The first-order chi connectivity index (χ1) is 10.8. The number of rotatable bonds is 6. The molecule has 118 valence electrons. The predicted octanol–water partition coefficient (Wildman–Crippen LogP) is 4.15. The Morgan fingerprint density at radius 3 is 2.18 bits per heavy atom. The zero-order chi connectivity index (χ0) is 15.8. The van der Waals surface area contributed by atoms with Crippen LogP contribution in [0, 0.1) is 5.92 Å². The van der Waals surface area contributed by atoms with Crippen molar-refractivity contribution in [3.05, 3.63) is 71.8 Å². The van der Waals surface area contributed by atoms with Crippen molar-refractivity contribution in [2.45, 2.75) is 32.3 Å². The lowest BCUT2D eigenvalue weighted by Crippen LogP contribution is -2.23. The van der Waals surface area contributed by atoms with Gasteiger partial charge < -0.3 is 10.5 Å². The zero-order valence-corrected chi connectivity index (χ0v) is 13.7. The maximum absolute atomic E-state index is 6.02. The van der Waals surface area contributed by atoms with E-state index in [0.717, 1.165) is 13.0 Å². The van der Waals surface area contributed by atoms with Gasteiger partial charge in [-0.15, -0.1) is 0 Å². The summed E-state index contributed by atoms with van der Waals surface area (Å²) < 4.78 is 5.87. The van der Waals surface area contributed by atoms with Gasteiger partial charge in [-0.2, -0.15) is 0 Å². The van der Waals surface area contributed by atoms with Crippen LogP contribution in [0.1, 0.15) is 31.4 Å². The molecule has 0 spiro atoms. The molecule has 0 amide bonds. The standard InChI is InChI=1S/C18H21NO.C2H6/c19-14-18(16-9-5-2-6-10-16)11-17(18)13-20-12-15-7-3-1-4-8-15;1-2/h1-10,17H,11-14,19H2;1-2H3. The number of hydrogen-bond donors (Lipinski definition) is 1. The second kappa shape index (κ2) is 8.11. The SMILES string of the molecule is CC.NCC1(c2ccccc2)CC1COCc1ccccc1. The second-order valence-corrected chi connectivity index (χ2v) is 5.63. The highest BCUT2D eigenvalue weighted by molar-refractivity contribution is 5.34. The van der Waals surface area contributed by atoms with Gasteiger partial charge in [-0.25, -0.2) is 0 Å². The van der Waals surface area contributed by atoms with Crippen molar-refractivity contribution in [3.8, 4) is 0 Å². The Labute approximate surface area is 134 Å². The van der Waals surface area contributed by atoms with Crippen LogP contribution >= 0.6 is 0 Å². The van der Waals surface area contributed by atoms with Crippen LogP contribution in [0.5, 0.6) is 0 Å². The molecule has 0 aromatic heterocycles. The van der Waals surface area contributed by atoms with Gasteiger partial charge in [0.25, 0.3) is 0 Å². The lowest BCUT2D eigenvalue weighted by Gasteiger charge is -2.15. The van der Waals surface area contributed by atoms with Crippen LogP contribution in [0.2, 0.25) is 0 Å². The molecule has 1 fully saturated rings. The molecular weight excluding hydrogens is 270 g/mol. The van der Waals surface area contributed by atoms with Crippen LogP contribution in [0.15, 0.2) is 60.7 Å². The van der Waals surface area contributed by atoms with Gasteiger partial charge in [0, 0.05) is 12.0 Å². The van der Waals surface area contributed by atoms with Crippen molar-refractivity contribution in [2.24, 2.45) is 11.7 Å². The number of hydrogen-bond acceptors (Lipinski definition) is 2. The third kappa shape index (κ3) is 3.76. The zero-order valence-electron chi connectivity index (χ0n) is 13.7. The molecule has 0 saturated heterocycles. The molecule has 1 aliphatic carbocycles. The topological polar surface area (TPSA) is 35.2 Å². The van der Waals surface area contributed by atoms with Gasteiger partial charge in [0.2, 0.25) is 0 Å². The van der Waals surface area contributed by atoms with E-state index < -0.39 is 0 Å². The molecule has 2 aromatic carbocycles. The molecule has 0 radical (unpaired) electrons. The Kier molecular flexibility index (Phi) is 6.17. The maximum atomic E-state index is 6.02. The molecule has 1 aliphatic rings. The summed E-state index contributed by atoms with van der Waals surface area (Å²) in [5.74, 6) is 0.554. The fourth-order valence-electron chi connectivity index (χ4n) is 2.98. The molecule has 2 unspecified atom stereocenters. The average Bonchev–Trinajstić information content (AvgIpc) is 3.33. The van der Waals surface area contributed by atoms with Gasteiger partial charge in [0.15, 0.2) is 0 Å². The van der Waals surface area contributed by atoms with E-state index in [2.05, 4.69) is 42.5 Å². The average molecular weight is 297 g/mol. The summed E-state index contributed by atoms with van der Waals surface area (Å²) in [6.07, 6.45) is 1.14. The fourth-order valence-corrected chi connectivity index (χ4v) is 2.98. The number of ether oxygens (including phenoxy) is 1. The molecule has 2 nitrogen and oxygen atoms in total. The van der Waals surface area contributed by atoms with Crippen LogP contribution in [-0.4, -0.2) is 13.2 Å². The smallest absolute Gasteiger partial charge is 0.0717 e. The summed E-state index contributed by atoms with van der Waals surface area (Å²) in [5.41, 5.74) is 8.75. The molecule has 3 rings (SSSR count). The van der Waals surface area contributed by atoms with Crippen LogP contribution < -0.4 is 5.73 Å². The molecule has 0 heterocycles. The van der Waals surface area contributed by atoms with E-state index in [9.17, 15) is 0 Å². The summed E-state index contributed by atoms with van der Waals surface area (Å²) in [7, 11) is 0. The molecule has 22 heavy (non-hydrogen) atoms. The Morgan fingerprint density at radius 1 is 1.00 bits per heavy atom. The second-order valence-electron chi connectivity index (χ2n) is 5.63. The molecule has 2 aromatic rings. The summed E-state index contributed by atoms with van der Waals surface area (Å²) >= 11 is 0. The van der Waals surface area contributed by atoms with Gasteiger partial charge in [-0.3, -0.25) is 0 Å². The lowest BCUT2D eigenvalue weighted by atomic mass is 9.93. The van der Waals surface area contributed by atoms with Gasteiger partial charge in [-0.05, 0) is 23.5 Å².